The molecule has 1 atom stereocenters. The third-order valence-electron chi connectivity index (χ3n) is 11.5. The van der Waals surface area contributed by atoms with E-state index in [9.17, 15) is 14.4 Å². The first kappa shape index (κ1) is 43.3. The van der Waals surface area contributed by atoms with E-state index in [0.29, 0.717) is 25.2 Å². The van der Waals surface area contributed by atoms with Crippen molar-refractivity contribution in [2.24, 2.45) is 0 Å². The Morgan fingerprint density at radius 2 is 1.23 bits per heavy atom. The molecule has 64 heavy (non-hydrogen) atoms. The lowest BCUT2D eigenvalue weighted by Crippen LogP contribution is -2.52. The zero-order valence-electron chi connectivity index (χ0n) is 37.0. The molecule has 0 aliphatic carbocycles. The molecule has 0 fully saturated rings. The maximum atomic E-state index is 14.4. The van der Waals surface area contributed by atoms with Crippen molar-refractivity contribution >= 4 is 23.6 Å². The number of amides is 3. The van der Waals surface area contributed by atoms with Crippen LogP contribution in [0.4, 0.5) is 10.5 Å². The van der Waals surface area contributed by atoms with Crippen LogP contribution >= 0.6 is 0 Å². The number of hydrogen-bond donors (Lipinski definition) is 2. The van der Waals surface area contributed by atoms with Gasteiger partial charge in [0.25, 0.3) is 0 Å². The lowest BCUT2D eigenvalue weighted by atomic mass is 9.77. The Bertz CT molecular complexity index is 2630. The van der Waals surface area contributed by atoms with Crippen molar-refractivity contribution in [2.45, 2.75) is 83.1 Å². The number of carbonyl (C=O) groups excluding carboxylic acids is 3. The fraction of sp³-hybridized carbons (Fsp3) is 0.241. The number of carbonyl (C=O) groups is 3. The highest BCUT2D eigenvalue weighted by Gasteiger charge is 2.40. The summed E-state index contributed by atoms with van der Waals surface area (Å²) in [6.07, 6.45) is 2.25. The maximum Gasteiger partial charge on any atom is 0.408 e. The number of alkyl carbamates (subject to hydrolysis) is 1. The number of anilines is 1. The average molecular weight is 851 g/mol. The monoisotopic (exact) mass is 850 g/mol. The summed E-state index contributed by atoms with van der Waals surface area (Å²) in [6, 6.07) is 54.8. The number of hydrogen-bond acceptors (Lipinski definition) is 6. The minimum absolute atomic E-state index is 0.0321. The van der Waals surface area contributed by atoms with Gasteiger partial charge in [-0.2, -0.15) is 0 Å². The predicted octanol–water partition coefficient (Wildman–Crippen LogP) is 10.1. The molecule has 0 radical (unpaired) electrons. The summed E-state index contributed by atoms with van der Waals surface area (Å²) < 4.78 is 7.39. The van der Waals surface area contributed by atoms with E-state index in [-0.39, 0.29) is 18.2 Å². The zero-order valence-corrected chi connectivity index (χ0v) is 37.0. The van der Waals surface area contributed by atoms with Gasteiger partial charge in [0.15, 0.2) is 5.82 Å². The molecule has 6 aromatic carbocycles. The van der Waals surface area contributed by atoms with Crippen LogP contribution in [-0.4, -0.2) is 49.9 Å². The molecular formula is C54H54N6O4. The van der Waals surface area contributed by atoms with Crippen LogP contribution in [0, 0.1) is 0 Å². The topological polar surface area (TPSA) is 118 Å². The van der Waals surface area contributed by atoms with Gasteiger partial charge in [-0.1, -0.05) is 158 Å². The van der Waals surface area contributed by atoms with E-state index in [1.807, 2.05) is 83.8 Å². The first-order chi connectivity index (χ1) is 30.8. The molecule has 0 unspecified atom stereocenters. The molecule has 0 saturated heterocycles. The minimum atomic E-state index is -0.906. The van der Waals surface area contributed by atoms with Gasteiger partial charge in [0, 0.05) is 23.2 Å². The maximum absolute atomic E-state index is 14.4. The summed E-state index contributed by atoms with van der Waals surface area (Å²) >= 11 is 0. The molecule has 8 rings (SSSR count). The van der Waals surface area contributed by atoms with Gasteiger partial charge in [0.05, 0.1) is 6.54 Å². The standard InChI is InChI=1S/C54H54N6O4/c1-52(2,3)64-51(63)57-53(4,5)35-48(61)56-46-34-33-40-19-15-18-28-47(40)59(50(46)62)36-38-29-31-39(32-30-38)44-26-16-17-27-45(44)49-55-37-60(58-49)54(41-20-9-6-10-21-41,42-22-11-7-12-23-42)43-24-13-8-14-25-43/h6-32,37,46H,33-36H2,1-5H3,(H,56,61)(H,57,63)/t46-/m1/s1. The van der Waals surface area contributed by atoms with Gasteiger partial charge in [-0.15, -0.1) is 5.10 Å². The molecule has 2 N–H and O–H groups in total. The number of aryl methyl sites for hydroxylation is 1. The highest BCUT2D eigenvalue weighted by atomic mass is 16.6. The van der Waals surface area contributed by atoms with Crippen molar-refractivity contribution in [1.29, 1.82) is 0 Å². The summed E-state index contributed by atoms with van der Waals surface area (Å²) in [5.74, 6) is 0.0686. The largest absolute Gasteiger partial charge is 0.444 e. The van der Waals surface area contributed by atoms with Crippen molar-refractivity contribution in [3.05, 3.63) is 198 Å². The van der Waals surface area contributed by atoms with E-state index in [0.717, 1.165) is 50.2 Å². The highest BCUT2D eigenvalue weighted by molar-refractivity contribution is 6.00. The third-order valence-corrected chi connectivity index (χ3v) is 11.5. The van der Waals surface area contributed by atoms with Crippen LogP contribution in [0.3, 0.4) is 0 Å². The number of aromatic nitrogens is 3. The van der Waals surface area contributed by atoms with Crippen molar-refractivity contribution in [3.63, 3.8) is 0 Å². The number of nitrogens with one attached hydrogen (secondary N) is 2. The van der Waals surface area contributed by atoms with Crippen LogP contribution in [0.15, 0.2) is 170 Å². The van der Waals surface area contributed by atoms with Crippen molar-refractivity contribution in [2.75, 3.05) is 4.90 Å². The lowest BCUT2D eigenvalue weighted by Gasteiger charge is -2.35. The number of para-hydroxylation sites is 1. The molecule has 7 aromatic rings. The molecule has 2 heterocycles. The molecule has 0 spiro atoms. The molecule has 1 aromatic heterocycles. The Morgan fingerprint density at radius 1 is 0.688 bits per heavy atom. The van der Waals surface area contributed by atoms with Crippen molar-refractivity contribution < 1.29 is 19.1 Å². The van der Waals surface area contributed by atoms with E-state index in [2.05, 4.69) is 102 Å². The second kappa shape index (κ2) is 18.2. The molecule has 10 nitrogen and oxygen atoms in total. The summed E-state index contributed by atoms with van der Waals surface area (Å²) in [5, 5.41) is 11.1. The van der Waals surface area contributed by atoms with Gasteiger partial charge >= 0.3 is 6.09 Å². The van der Waals surface area contributed by atoms with Crippen LogP contribution < -0.4 is 15.5 Å². The Hall–Kier alpha value is -7.33. The number of fused-ring (bicyclic) bond motifs is 1. The van der Waals surface area contributed by atoms with Crippen LogP contribution in [0.5, 0.6) is 0 Å². The average Bonchev–Trinajstić information content (AvgIpc) is 3.73. The Balaban J connectivity index is 1.06. The van der Waals surface area contributed by atoms with E-state index in [4.69, 9.17) is 14.8 Å². The van der Waals surface area contributed by atoms with Crippen molar-refractivity contribution in [1.82, 2.24) is 25.4 Å². The normalized spacial score (nSPS) is 14.3. The quantitative estimate of drug-likeness (QED) is 0.118. The Labute approximate surface area is 375 Å². The first-order valence-corrected chi connectivity index (χ1v) is 21.8. The molecule has 1 aliphatic heterocycles. The van der Waals surface area contributed by atoms with Gasteiger partial charge in [-0.3, -0.25) is 9.59 Å². The number of rotatable bonds is 12. The summed E-state index contributed by atoms with van der Waals surface area (Å²) in [7, 11) is 0. The second-order valence-corrected chi connectivity index (χ2v) is 18.0. The Morgan fingerprint density at radius 3 is 1.83 bits per heavy atom. The molecular weight excluding hydrogens is 797 g/mol. The van der Waals surface area contributed by atoms with Gasteiger partial charge in [0.2, 0.25) is 11.8 Å². The third kappa shape index (κ3) is 9.37. The SMILES string of the molecule is CC(C)(CC(=O)N[C@@H]1CCc2ccccc2N(Cc2ccc(-c3ccccc3-c3ncn(C(c4ccccc4)(c4ccccc4)c4ccccc4)n3)cc2)C1=O)NC(=O)OC(C)(C)C. The van der Waals surface area contributed by atoms with E-state index >= 15 is 0 Å². The minimum Gasteiger partial charge on any atom is -0.444 e. The summed E-state index contributed by atoms with van der Waals surface area (Å²) in [5.41, 5.74) is 6.42. The Kier molecular flexibility index (Phi) is 12.3. The van der Waals surface area contributed by atoms with Gasteiger partial charge in [-0.25, -0.2) is 14.5 Å². The number of ether oxygens (including phenoxy) is 1. The van der Waals surface area contributed by atoms with Crippen LogP contribution in [0.25, 0.3) is 22.5 Å². The molecule has 10 heteroatoms. The fourth-order valence-corrected chi connectivity index (χ4v) is 8.67. The lowest BCUT2D eigenvalue weighted by molar-refractivity contribution is -0.128. The molecule has 0 bridgehead atoms. The van der Waals surface area contributed by atoms with Crippen molar-refractivity contribution in [3.8, 4) is 22.5 Å². The summed E-state index contributed by atoms with van der Waals surface area (Å²) in [6.45, 7) is 9.17. The predicted molar refractivity (Wildman–Crippen MR) is 251 cm³/mol. The molecule has 3 amide bonds. The molecule has 1 aliphatic rings. The summed E-state index contributed by atoms with van der Waals surface area (Å²) in [4.78, 5) is 47.1. The zero-order chi connectivity index (χ0) is 44.9. The van der Waals surface area contributed by atoms with E-state index < -0.39 is 28.8 Å². The van der Waals surface area contributed by atoms with Crippen LogP contribution in [0.1, 0.15) is 75.3 Å². The highest BCUT2D eigenvalue weighted by Crippen LogP contribution is 2.41. The van der Waals surface area contributed by atoms with E-state index in [1.165, 1.54) is 0 Å². The van der Waals surface area contributed by atoms with Gasteiger partial charge in [-0.05, 0) is 92.5 Å². The first-order valence-electron chi connectivity index (χ1n) is 21.8. The van der Waals surface area contributed by atoms with E-state index in [1.54, 1.807) is 39.5 Å². The smallest absolute Gasteiger partial charge is 0.408 e. The van der Waals surface area contributed by atoms with Crippen LogP contribution in [0.2, 0.25) is 0 Å². The van der Waals surface area contributed by atoms with Gasteiger partial charge < -0.3 is 20.3 Å². The van der Waals surface area contributed by atoms with Crippen LogP contribution in [-0.2, 0) is 32.8 Å². The second-order valence-electron chi connectivity index (χ2n) is 18.0. The number of nitrogens with zero attached hydrogens (tertiary/aromatic N) is 4. The van der Waals surface area contributed by atoms with Gasteiger partial charge in [0.1, 0.15) is 23.5 Å². The molecule has 0 saturated carbocycles. The fourth-order valence-electron chi connectivity index (χ4n) is 8.67. The molecule has 324 valence electrons. The number of benzene rings is 6.